The topological polar surface area (TPSA) is 32.9 Å². The summed E-state index contributed by atoms with van der Waals surface area (Å²) in [7, 11) is 0. The Morgan fingerprint density at radius 3 is 2.60 bits per heavy atom. The Hall–Kier alpha value is -1.83. The zero-order valence-electron chi connectivity index (χ0n) is 8.66. The number of aryl methyl sites for hydroxylation is 1. The Kier molecular flexibility index (Phi) is 2.68. The lowest BCUT2D eigenvalue weighted by atomic mass is 10.0. The van der Waals surface area contributed by atoms with Crippen molar-refractivity contribution in [3.05, 3.63) is 58.4 Å². The van der Waals surface area contributed by atoms with Crippen molar-refractivity contribution in [2.45, 2.75) is 13.3 Å². The fraction of sp³-hybridized carbons (Fsp3) is 0.154. The maximum Gasteiger partial charge on any atom is 0.248 e. The predicted molar refractivity (Wildman–Crippen MR) is 61.9 cm³/mol. The number of H-pyrrole nitrogens is 1. The molecule has 0 unspecified atom stereocenters. The molecule has 15 heavy (non-hydrogen) atoms. The van der Waals surface area contributed by atoms with E-state index in [0.717, 1.165) is 17.7 Å². The highest BCUT2D eigenvalue weighted by Crippen LogP contribution is 2.20. The summed E-state index contributed by atoms with van der Waals surface area (Å²) in [4.78, 5) is 14.1. The van der Waals surface area contributed by atoms with Crippen molar-refractivity contribution in [3.8, 4) is 11.3 Å². The van der Waals surface area contributed by atoms with Crippen LogP contribution in [0.2, 0.25) is 0 Å². The van der Waals surface area contributed by atoms with Gasteiger partial charge in [0.2, 0.25) is 5.56 Å². The first-order valence-electron chi connectivity index (χ1n) is 5.09. The van der Waals surface area contributed by atoms with Crippen molar-refractivity contribution in [1.82, 2.24) is 4.98 Å². The third kappa shape index (κ3) is 1.99. The van der Waals surface area contributed by atoms with Crippen molar-refractivity contribution in [3.63, 3.8) is 0 Å². The van der Waals surface area contributed by atoms with Gasteiger partial charge in [-0.2, -0.15) is 0 Å². The van der Waals surface area contributed by atoms with Crippen LogP contribution in [0.1, 0.15) is 12.5 Å². The van der Waals surface area contributed by atoms with Crippen LogP contribution in [0.4, 0.5) is 0 Å². The molecule has 0 spiro atoms. The van der Waals surface area contributed by atoms with E-state index in [2.05, 4.69) is 18.0 Å². The fourth-order valence-electron chi connectivity index (χ4n) is 1.70. The van der Waals surface area contributed by atoms with E-state index < -0.39 is 0 Å². The molecule has 1 N–H and O–H groups in total. The third-order valence-corrected chi connectivity index (χ3v) is 2.46. The number of pyridine rings is 1. The number of hydrogen-bond acceptors (Lipinski definition) is 1. The summed E-state index contributed by atoms with van der Waals surface area (Å²) in [6, 6.07) is 13.3. The predicted octanol–water partition coefficient (Wildman–Crippen LogP) is 2.60. The minimum atomic E-state index is -0.0570. The summed E-state index contributed by atoms with van der Waals surface area (Å²) in [5.41, 5.74) is 3.19. The van der Waals surface area contributed by atoms with Crippen molar-refractivity contribution < 1.29 is 0 Å². The molecule has 0 saturated carbocycles. The second kappa shape index (κ2) is 4.13. The first-order chi connectivity index (χ1) is 7.31. The van der Waals surface area contributed by atoms with E-state index in [4.69, 9.17) is 0 Å². The molecule has 0 saturated heterocycles. The summed E-state index contributed by atoms with van der Waals surface area (Å²) in [6.45, 7) is 2.11. The van der Waals surface area contributed by atoms with E-state index in [0.29, 0.717) is 0 Å². The van der Waals surface area contributed by atoms with Crippen LogP contribution in [0.3, 0.4) is 0 Å². The van der Waals surface area contributed by atoms with Gasteiger partial charge in [-0.1, -0.05) is 37.3 Å². The Morgan fingerprint density at radius 2 is 1.87 bits per heavy atom. The molecule has 0 radical (unpaired) electrons. The Bertz CT molecular complexity index is 514. The molecule has 1 aromatic carbocycles. The molecule has 0 aliphatic rings. The Labute approximate surface area is 88.6 Å². The van der Waals surface area contributed by atoms with Gasteiger partial charge in [0.05, 0.1) is 0 Å². The highest BCUT2D eigenvalue weighted by molar-refractivity contribution is 5.63. The smallest absolute Gasteiger partial charge is 0.248 e. The second-order valence-electron chi connectivity index (χ2n) is 3.44. The zero-order chi connectivity index (χ0) is 10.7. The van der Waals surface area contributed by atoms with Crippen LogP contribution < -0.4 is 5.56 Å². The van der Waals surface area contributed by atoms with Gasteiger partial charge in [-0.05, 0) is 18.1 Å². The van der Waals surface area contributed by atoms with E-state index in [1.165, 1.54) is 11.6 Å². The average molecular weight is 199 g/mol. The lowest BCUT2D eigenvalue weighted by Crippen LogP contribution is -2.04. The average Bonchev–Trinajstić information content (AvgIpc) is 2.29. The first-order valence-corrected chi connectivity index (χ1v) is 5.09. The molecule has 0 aliphatic carbocycles. The fourth-order valence-corrected chi connectivity index (χ4v) is 1.70. The molecular formula is C13H13NO. The van der Waals surface area contributed by atoms with Crippen LogP contribution in [0, 0.1) is 0 Å². The molecule has 0 fully saturated rings. The van der Waals surface area contributed by atoms with E-state index >= 15 is 0 Å². The molecule has 0 amide bonds. The van der Waals surface area contributed by atoms with E-state index in [1.54, 1.807) is 6.07 Å². The minimum absolute atomic E-state index is 0.0570. The van der Waals surface area contributed by atoms with E-state index in [9.17, 15) is 4.79 Å². The summed E-state index contributed by atoms with van der Waals surface area (Å²) in [5, 5.41) is 0. The second-order valence-corrected chi connectivity index (χ2v) is 3.44. The number of aromatic nitrogens is 1. The molecule has 2 aromatic rings. The van der Waals surface area contributed by atoms with Gasteiger partial charge in [-0.3, -0.25) is 4.79 Å². The molecule has 0 aliphatic heterocycles. The standard InChI is InChI=1S/C13H13NO/c1-2-10-6-3-4-7-11(10)12-8-5-9-13(15)14-12/h3-9H,2H2,1H3,(H,14,15). The third-order valence-electron chi connectivity index (χ3n) is 2.46. The monoisotopic (exact) mass is 199 g/mol. The lowest BCUT2D eigenvalue weighted by Gasteiger charge is -2.06. The number of aromatic amines is 1. The normalized spacial score (nSPS) is 10.2. The number of nitrogens with one attached hydrogen (secondary N) is 1. The summed E-state index contributed by atoms with van der Waals surface area (Å²) < 4.78 is 0. The first kappa shape index (κ1) is 9.71. The maximum absolute atomic E-state index is 11.2. The maximum atomic E-state index is 11.2. The van der Waals surface area contributed by atoms with Gasteiger partial charge < -0.3 is 4.98 Å². The van der Waals surface area contributed by atoms with Crippen LogP contribution in [0.15, 0.2) is 47.3 Å². The van der Waals surface area contributed by atoms with Crippen LogP contribution in [-0.2, 0) is 6.42 Å². The largest absolute Gasteiger partial charge is 0.322 e. The van der Waals surface area contributed by atoms with Gasteiger partial charge in [0.15, 0.2) is 0 Å². The molecule has 2 heteroatoms. The minimum Gasteiger partial charge on any atom is -0.322 e. The van der Waals surface area contributed by atoms with Gasteiger partial charge in [-0.25, -0.2) is 0 Å². The highest BCUT2D eigenvalue weighted by atomic mass is 16.1. The molecular weight excluding hydrogens is 186 g/mol. The Morgan fingerprint density at radius 1 is 1.07 bits per heavy atom. The molecule has 76 valence electrons. The van der Waals surface area contributed by atoms with E-state index in [1.807, 2.05) is 24.3 Å². The van der Waals surface area contributed by atoms with Crippen LogP contribution in [0.5, 0.6) is 0 Å². The number of benzene rings is 1. The summed E-state index contributed by atoms with van der Waals surface area (Å²) >= 11 is 0. The van der Waals surface area contributed by atoms with Gasteiger partial charge in [0.25, 0.3) is 0 Å². The molecule has 2 nitrogen and oxygen atoms in total. The molecule has 0 bridgehead atoms. The van der Waals surface area contributed by atoms with Crippen LogP contribution in [-0.4, -0.2) is 4.98 Å². The van der Waals surface area contributed by atoms with E-state index in [-0.39, 0.29) is 5.56 Å². The van der Waals surface area contributed by atoms with Gasteiger partial charge in [-0.15, -0.1) is 0 Å². The zero-order valence-corrected chi connectivity index (χ0v) is 8.66. The van der Waals surface area contributed by atoms with Crippen molar-refractivity contribution >= 4 is 0 Å². The quantitative estimate of drug-likeness (QED) is 0.792. The highest BCUT2D eigenvalue weighted by Gasteiger charge is 2.02. The van der Waals surface area contributed by atoms with Crippen LogP contribution >= 0.6 is 0 Å². The summed E-state index contributed by atoms with van der Waals surface area (Å²) in [6.07, 6.45) is 0.965. The molecule has 1 aromatic heterocycles. The van der Waals surface area contributed by atoms with Crippen molar-refractivity contribution in [1.29, 1.82) is 0 Å². The van der Waals surface area contributed by atoms with Crippen molar-refractivity contribution in [2.75, 3.05) is 0 Å². The van der Waals surface area contributed by atoms with Gasteiger partial charge in [0.1, 0.15) is 0 Å². The Balaban J connectivity index is 2.58. The SMILES string of the molecule is CCc1ccccc1-c1cccc(=O)[nH]1. The van der Waals surface area contributed by atoms with Gasteiger partial charge >= 0.3 is 0 Å². The summed E-state index contributed by atoms with van der Waals surface area (Å²) in [5.74, 6) is 0. The van der Waals surface area contributed by atoms with Crippen molar-refractivity contribution in [2.24, 2.45) is 0 Å². The molecule has 2 rings (SSSR count). The number of hydrogen-bond donors (Lipinski definition) is 1. The van der Waals surface area contributed by atoms with Crippen LogP contribution in [0.25, 0.3) is 11.3 Å². The number of rotatable bonds is 2. The lowest BCUT2D eigenvalue weighted by molar-refractivity contribution is 1.13. The molecule has 1 heterocycles. The molecule has 0 atom stereocenters. The van der Waals surface area contributed by atoms with Gasteiger partial charge in [0, 0.05) is 17.3 Å².